The molecule has 17 heteroatoms. The van der Waals surface area contributed by atoms with Gasteiger partial charge in [0.15, 0.2) is 10.7 Å². The molecule has 4 heterocycles. The number of aromatic nitrogens is 5. The van der Waals surface area contributed by atoms with Crippen LogP contribution in [0, 0.1) is 11.3 Å². The third kappa shape index (κ3) is 5.09. The number of sulfonamides is 1. The molecule has 3 aromatic heterocycles. The summed E-state index contributed by atoms with van der Waals surface area (Å²) in [6.45, 7) is 7.93. The lowest BCUT2D eigenvalue weighted by molar-refractivity contribution is 0.150. The fourth-order valence-electron chi connectivity index (χ4n) is 4.94. The maximum atomic E-state index is 13.5. The molecular formula is C25H27F2N9O3S3. The minimum atomic E-state index is -4.08. The number of benzene rings is 1. The van der Waals surface area contributed by atoms with E-state index in [9.17, 15) is 27.0 Å². The van der Waals surface area contributed by atoms with Crippen molar-refractivity contribution in [1.82, 2.24) is 33.8 Å². The molecule has 0 amide bonds. The Bertz CT molecular complexity index is 1820. The highest BCUT2D eigenvalue weighted by molar-refractivity contribution is 7.90. The van der Waals surface area contributed by atoms with Gasteiger partial charge in [0.1, 0.15) is 22.4 Å². The van der Waals surface area contributed by atoms with Crippen LogP contribution in [0.2, 0.25) is 0 Å². The van der Waals surface area contributed by atoms with E-state index in [0.29, 0.717) is 78.1 Å². The SMILES string of the molecule is CC(C)(C)[S+]([O-])N1CCN(c2ncnc3c2c2ccc(S(=O)(=O)NC4(C#N)CC4)cc2n3-c2nnc(C(F)F)s2)CC1. The Hall–Kier alpha value is -3.01. The lowest BCUT2D eigenvalue weighted by atomic mass is 10.2. The van der Waals surface area contributed by atoms with Gasteiger partial charge < -0.3 is 9.45 Å². The lowest BCUT2D eigenvalue weighted by Gasteiger charge is -2.38. The molecule has 1 aliphatic carbocycles. The zero-order chi connectivity index (χ0) is 30.0. The molecule has 1 N–H and O–H groups in total. The predicted molar refractivity (Wildman–Crippen MR) is 154 cm³/mol. The summed E-state index contributed by atoms with van der Waals surface area (Å²) in [5.74, 6) is 0.582. The highest BCUT2D eigenvalue weighted by atomic mass is 32.2. The third-order valence-corrected chi connectivity index (χ3v) is 11.5. The number of nitriles is 1. The third-order valence-electron chi connectivity index (χ3n) is 7.21. The van der Waals surface area contributed by atoms with E-state index in [4.69, 9.17) is 0 Å². The van der Waals surface area contributed by atoms with Crippen LogP contribution < -0.4 is 9.62 Å². The van der Waals surface area contributed by atoms with Crippen LogP contribution in [-0.4, -0.2) is 78.5 Å². The number of hydrogen-bond donors (Lipinski definition) is 1. The second-order valence-corrected chi connectivity index (χ2v) is 16.1. The molecular weight excluding hydrogens is 609 g/mol. The van der Waals surface area contributed by atoms with Crippen molar-refractivity contribution < 1.29 is 21.8 Å². The first-order valence-corrected chi connectivity index (χ1v) is 16.5. The fraction of sp³-hybridized carbons (Fsp3) is 0.480. The van der Waals surface area contributed by atoms with Crippen LogP contribution in [0.3, 0.4) is 0 Å². The maximum absolute atomic E-state index is 13.5. The Morgan fingerprint density at radius 3 is 2.48 bits per heavy atom. The van der Waals surface area contributed by atoms with Gasteiger partial charge in [-0.25, -0.2) is 27.2 Å². The van der Waals surface area contributed by atoms with Crippen molar-refractivity contribution >= 4 is 60.5 Å². The largest absolute Gasteiger partial charge is 0.597 e. The van der Waals surface area contributed by atoms with Gasteiger partial charge in [0, 0.05) is 29.8 Å². The van der Waals surface area contributed by atoms with Gasteiger partial charge >= 0.3 is 0 Å². The van der Waals surface area contributed by atoms with Crippen LogP contribution >= 0.6 is 11.3 Å². The van der Waals surface area contributed by atoms with Crippen molar-refractivity contribution in [3.05, 3.63) is 29.5 Å². The number of fused-ring (bicyclic) bond motifs is 3. The van der Waals surface area contributed by atoms with Gasteiger partial charge in [-0.05, 0) is 45.7 Å². The van der Waals surface area contributed by atoms with E-state index in [1.165, 1.54) is 23.0 Å². The van der Waals surface area contributed by atoms with Gasteiger partial charge in [0.25, 0.3) is 6.43 Å². The highest BCUT2D eigenvalue weighted by Crippen LogP contribution is 2.40. The van der Waals surface area contributed by atoms with E-state index in [0.717, 1.165) is 0 Å². The zero-order valence-electron chi connectivity index (χ0n) is 22.9. The molecule has 12 nitrogen and oxygen atoms in total. The molecule has 2 fully saturated rings. The summed E-state index contributed by atoms with van der Waals surface area (Å²) < 4.78 is 71.9. The molecule has 42 heavy (non-hydrogen) atoms. The van der Waals surface area contributed by atoms with E-state index in [-0.39, 0.29) is 10.0 Å². The summed E-state index contributed by atoms with van der Waals surface area (Å²) >= 11 is -0.490. The topological polar surface area (TPSA) is 156 Å². The minimum Gasteiger partial charge on any atom is -0.597 e. The average molecular weight is 636 g/mol. The Labute approximate surface area is 247 Å². The number of anilines is 1. The molecule has 1 aliphatic heterocycles. The standard InChI is InChI=1S/C25H27F2N9O3S3/c1-24(2,3)41(37)35-10-8-34(9-11-35)20-18-16-5-4-15(42(38,39)33-25(13-28)6-7-25)12-17(16)36(21(18)30-14-29-20)23-32-31-22(40-23)19(26)27/h4-5,12,14,19,33H,6-11H2,1-3H3. The van der Waals surface area contributed by atoms with E-state index in [1.54, 1.807) is 6.07 Å². The van der Waals surface area contributed by atoms with E-state index in [1.807, 2.05) is 36.0 Å². The Kier molecular flexibility index (Phi) is 7.14. The van der Waals surface area contributed by atoms with Crippen molar-refractivity contribution in [3.63, 3.8) is 0 Å². The molecule has 1 aromatic carbocycles. The second kappa shape index (κ2) is 10.3. The van der Waals surface area contributed by atoms with Crippen molar-refractivity contribution in [1.29, 1.82) is 5.26 Å². The first-order valence-electron chi connectivity index (χ1n) is 13.1. The van der Waals surface area contributed by atoms with Crippen molar-refractivity contribution in [2.45, 2.75) is 55.2 Å². The molecule has 0 spiro atoms. The molecule has 1 saturated carbocycles. The molecule has 0 bridgehead atoms. The molecule has 4 aromatic rings. The van der Waals surface area contributed by atoms with Gasteiger partial charge in [-0.3, -0.25) is 4.57 Å². The summed E-state index contributed by atoms with van der Waals surface area (Å²) in [6, 6.07) is 6.51. The lowest BCUT2D eigenvalue weighted by Crippen LogP contribution is -2.53. The van der Waals surface area contributed by atoms with Crippen molar-refractivity contribution in [3.8, 4) is 11.2 Å². The molecule has 2 aliphatic rings. The van der Waals surface area contributed by atoms with Crippen molar-refractivity contribution in [2.75, 3.05) is 31.1 Å². The maximum Gasteiger partial charge on any atom is 0.291 e. The molecule has 1 saturated heterocycles. The van der Waals surface area contributed by atoms with Crippen LogP contribution in [0.25, 0.3) is 27.1 Å². The van der Waals surface area contributed by atoms with Gasteiger partial charge in [0.2, 0.25) is 15.2 Å². The van der Waals surface area contributed by atoms with Crippen LogP contribution in [0.4, 0.5) is 14.6 Å². The number of rotatable bonds is 7. The minimum absolute atomic E-state index is 0.0908. The fourth-order valence-corrected chi connectivity index (χ4v) is 8.32. The molecule has 1 atom stereocenters. The Morgan fingerprint density at radius 2 is 1.88 bits per heavy atom. The second-order valence-electron chi connectivity index (χ2n) is 11.2. The van der Waals surface area contributed by atoms with Crippen LogP contribution in [0.5, 0.6) is 0 Å². The monoisotopic (exact) mass is 635 g/mol. The van der Waals surface area contributed by atoms with Gasteiger partial charge in [-0.2, -0.15) is 9.98 Å². The first-order chi connectivity index (χ1) is 19.8. The molecule has 222 valence electrons. The smallest absolute Gasteiger partial charge is 0.291 e. The van der Waals surface area contributed by atoms with E-state index >= 15 is 0 Å². The zero-order valence-corrected chi connectivity index (χ0v) is 25.4. The quantitative estimate of drug-likeness (QED) is 0.299. The predicted octanol–water partition coefficient (Wildman–Crippen LogP) is 3.28. The van der Waals surface area contributed by atoms with Crippen LogP contribution in [-0.2, 0) is 21.4 Å². The van der Waals surface area contributed by atoms with Crippen LogP contribution in [0.15, 0.2) is 29.4 Å². The molecule has 0 radical (unpaired) electrons. The van der Waals surface area contributed by atoms with Crippen molar-refractivity contribution in [2.24, 2.45) is 0 Å². The number of piperazine rings is 1. The molecule has 6 rings (SSSR count). The Morgan fingerprint density at radius 1 is 1.17 bits per heavy atom. The normalized spacial score (nSPS) is 18.6. The average Bonchev–Trinajstić information content (AvgIpc) is 3.39. The van der Waals surface area contributed by atoms with Crippen LogP contribution in [0.1, 0.15) is 45.0 Å². The summed E-state index contributed by atoms with van der Waals surface area (Å²) in [7, 11) is -4.08. The van der Waals surface area contributed by atoms with Gasteiger partial charge in [-0.15, -0.1) is 14.5 Å². The first kappa shape index (κ1) is 29.1. The van der Waals surface area contributed by atoms with E-state index in [2.05, 4.69) is 24.9 Å². The molecule has 1 unspecified atom stereocenters. The number of halogens is 2. The number of nitrogens with one attached hydrogen (secondary N) is 1. The Balaban J connectivity index is 1.48. The summed E-state index contributed by atoms with van der Waals surface area (Å²) in [4.78, 5) is 11.0. The number of hydrogen-bond acceptors (Lipinski definition) is 11. The number of alkyl halides is 2. The highest BCUT2D eigenvalue weighted by Gasteiger charge is 2.47. The summed E-state index contributed by atoms with van der Waals surface area (Å²) in [6.07, 6.45) is -0.625. The van der Waals surface area contributed by atoms with Gasteiger partial charge in [0.05, 0.1) is 35.0 Å². The number of nitrogens with zero attached hydrogens (tertiary/aromatic N) is 8. The van der Waals surface area contributed by atoms with Gasteiger partial charge in [-0.1, -0.05) is 17.4 Å². The summed E-state index contributed by atoms with van der Waals surface area (Å²) in [5.41, 5.74) is -0.407. The summed E-state index contributed by atoms with van der Waals surface area (Å²) in [5, 5.41) is 17.8. The van der Waals surface area contributed by atoms with E-state index < -0.39 is 43.1 Å².